The van der Waals surface area contributed by atoms with E-state index in [9.17, 15) is 4.79 Å². The lowest BCUT2D eigenvalue weighted by Gasteiger charge is -2.20. The Bertz CT molecular complexity index is 1220. The number of carbonyl (C=O) groups excluding carboxylic acids is 1. The fourth-order valence-electron chi connectivity index (χ4n) is 3.05. The van der Waals surface area contributed by atoms with Crippen LogP contribution in [0.4, 0.5) is 5.13 Å². The molecule has 0 spiro atoms. The van der Waals surface area contributed by atoms with Crippen molar-refractivity contribution in [3.63, 3.8) is 0 Å². The van der Waals surface area contributed by atoms with Gasteiger partial charge in [-0.05, 0) is 48.0 Å². The number of fused-ring (bicyclic) bond motifs is 1. The van der Waals surface area contributed by atoms with Gasteiger partial charge in [0.1, 0.15) is 22.8 Å². The molecule has 0 radical (unpaired) electrons. The fraction of sp³-hybridized carbons (Fsp3) is 0.174. The van der Waals surface area contributed by atoms with Crippen LogP contribution in [0.2, 0.25) is 5.02 Å². The maximum absolute atomic E-state index is 13.2. The smallest absolute Gasteiger partial charge is 0.267 e. The average molecular weight is 470 g/mol. The number of benzene rings is 2. The number of halogens is 1. The molecule has 2 heterocycles. The molecule has 4 aromatic rings. The number of nitrogens with zero attached hydrogens (tertiary/aromatic N) is 3. The van der Waals surface area contributed by atoms with E-state index in [0.29, 0.717) is 39.5 Å². The van der Waals surface area contributed by atoms with E-state index in [-0.39, 0.29) is 12.5 Å². The van der Waals surface area contributed by atoms with Gasteiger partial charge in [0.2, 0.25) is 0 Å². The third kappa shape index (κ3) is 4.76. The predicted octanol–water partition coefficient (Wildman–Crippen LogP) is 4.97. The third-order valence-electron chi connectivity index (χ3n) is 4.68. The van der Waals surface area contributed by atoms with Crippen LogP contribution in [0.25, 0.3) is 10.2 Å². The third-order valence-corrected chi connectivity index (χ3v) is 6.22. The molecule has 0 aliphatic carbocycles. The van der Waals surface area contributed by atoms with Crippen molar-refractivity contribution in [3.8, 4) is 17.2 Å². The molecule has 0 atom stereocenters. The van der Waals surface area contributed by atoms with Crippen LogP contribution in [0.15, 0.2) is 60.9 Å². The van der Waals surface area contributed by atoms with E-state index < -0.39 is 0 Å². The SMILES string of the molecule is COc1ccc(OCC(=O)N(Cc2cccnc2)c2nc3c(OC)ccc(Cl)c3s2)cc1. The summed E-state index contributed by atoms with van der Waals surface area (Å²) in [6, 6.07) is 14.3. The highest BCUT2D eigenvalue weighted by atomic mass is 35.5. The molecule has 0 aliphatic rings. The Kier molecular flexibility index (Phi) is 6.72. The first kappa shape index (κ1) is 21.9. The fourth-order valence-corrected chi connectivity index (χ4v) is 4.33. The summed E-state index contributed by atoms with van der Waals surface area (Å²) in [7, 11) is 3.16. The predicted molar refractivity (Wildman–Crippen MR) is 125 cm³/mol. The molecule has 164 valence electrons. The van der Waals surface area contributed by atoms with E-state index in [4.69, 9.17) is 25.8 Å². The second-order valence-electron chi connectivity index (χ2n) is 6.73. The monoisotopic (exact) mass is 469 g/mol. The number of anilines is 1. The second kappa shape index (κ2) is 9.84. The number of pyridine rings is 1. The topological polar surface area (TPSA) is 73.8 Å². The van der Waals surface area contributed by atoms with E-state index in [0.717, 1.165) is 10.3 Å². The molecule has 9 heteroatoms. The molecule has 0 unspecified atom stereocenters. The summed E-state index contributed by atoms with van der Waals surface area (Å²) in [5.41, 5.74) is 1.47. The minimum atomic E-state index is -0.251. The summed E-state index contributed by atoms with van der Waals surface area (Å²) in [5.74, 6) is 1.62. The molecule has 7 nitrogen and oxygen atoms in total. The number of hydrogen-bond acceptors (Lipinski definition) is 7. The molecular weight excluding hydrogens is 450 g/mol. The van der Waals surface area contributed by atoms with Gasteiger partial charge in [0, 0.05) is 12.4 Å². The average Bonchev–Trinajstić information content (AvgIpc) is 3.28. The van der Waals surface area contributed by atoms with Gasteiger partial charge < -0.3 is 14.2 Å². The second-order valence-corrected chi connectivity index (χ2v) is 8.11. The Morgan fingerprint density at radius 3 is 2.53 bits per heavy atom. The van der Waals surface area contributed by atoms with Crippen LogP contribution >= 0.6 is 22.9 Å². The standard InChI is InChI=1S/C23H20ClN3O4S/c1-29-16-5-7-17(8-6-16)31-14-20(28)27(13-15-4-3-11-25-12-15)23-26-21-19(30-2)10-9-18(24)22(21)32-23/h3-12H,13-14H2,1-2H3. The van der Waals surface area contributed by atoms with Crippen molar-refractivity contribution in [1.82, 2.24) is 9.97 Å². The number of aromatic nitrogens is 2. The van der Waals surface area contributed by atoms with Gasteiger partial charge in [-0.3, -0.25) is 14.7 Å². The quantitative estimate of drug-likeness (QED) is 0.362. The molecular formula is C23H20ClN3O4S. The van der Waals surface area contributed by atoms with Crippen LogP contribution in [-0.4, -0.2) is 36.7 Å². The number of carbonyl (C=O) groups is 1. The van der Waals surface area contributed by atoms with E-state index in [1.807, 2.05) is 12.1 Å². The molecule has 0 bridgehead atoms. The first-order chi connectivity index (χ1) is 15.6. The Balaban J connectivity index is 1.63. The van der Waals surface area contributed by atoms with Gasteiger partial charge in [-0.2, -0.15) is 0 Å². The van der Waals surface area contributed by atoms with Crippen LogP contribution in [-0.2, 0) is 11.3 Å². The normalized spacial score (nSPS) is 10.7. The summed E-state index contributed by atoms with van der Waals surface area (Å²) >= 11 is 7.70. The molecule has 0 saturated heterocycles. The maximum atomic E-state index is 13.2. The van der Waals surface area contributed by atoms with Gasteiger partial charge in [0.15, 0.2) is 11.7 Å². The van der Waals surface area contributed by atoms with Gasteiger partial charge in [-0.1, -0.05) is 29.0 Å². The summed E-state index contributed by atoms with van der Waals surface area (Å²) in [4.78, 5) is 23.6. The highest BCUT2D eigenvalue weighted by molar-refractivity contribution is 7.23. The molecule has 32 heavy (non-hydrogen) atoms. The summed E-state index contributed by atoms with van der Waals surface area (Å²) in [6.45, 7) is 0.131. The maximum Gasteiger partial charge on any atom is 0.267 e. The number of ether oxygens (including phenoxy) is 3. The Morgan fingerprint density at radius 1 is 1.06 bits per heavy atom. The zero-order valence-electron chi connectivity index (χ0n) is 17.4. The van der Waals surface area contributed by atoms with Crippen LogP contribution in [0.5, 0.6) is 17.2 Å². The number of methoxy groups -OCH3 is 2. The highest BCUT2D eigenvalue weighted by Gasteiger charge is 2.23. The van der Waals surface area contributed by atoms with Crippen LogP contribution in [0.1, 0.15) is 5.56 Å². The Hall–Kier alpha value is -3.36. The van der Waals surface area contributed by atoms with Crippen LogP contribution in [0.3, 0.4) is 0 Å². The lowest BCUT2D eigenvalue weighted by atomic mass is 10.2. The van der Waals surface area contributed by atoms with Crippen molar-refractivity contribution in [2.24, 2.45) is 0 Å². The van der Waals surface area contributed by atoms with Crippen molar-refractivity contribution in [3.05, 3.63) is 71.5 Å². The number of amides is 1. The van der Waals surface area contributed by atoms with Crippen molar-refractivity contribution in [2.75, 3.05) is 25.7 Å². The molecule has 2 aromatic heterocycles. The number of hydrogen-bond donors (Lipinski definition) is 0. The molecule has 2 aromatic carbocycles. The molecule has 0 fully saturated rings. The van der Waals surface area contributed by atoms with E-state index >= 15 is 0 Å². The molecule has 0 aliphatic heterocycles. The van der Waals surface area contributed by atoms with Crippen molar-refractivity contribution >= 4 is 44.2 Å². The van der Waals surface area contributed by atoms with Gasteiger partial charge in [0.25, 0.3) is 5.91 Å². The highest BCUT2D eigenvalue weighted by Crippen LogP contribution is 2.39. The van der Waals surface area contributed by atoms with Crippen LogP contribution < -0.4 is 19.1 Å². The minimum Gasteiger partial charge on any atom is -0.497 e. The zero-order valence-corrected chi connectivity index (χ0v) is 19.0. The first-order valence-electron chi connectivity index (χ1n) is 9.68. The summed E-state index contributed by atoms with van der Waals surface area (Å²) < 4.78 is 17.0. The molecule has 0 N–H and O–H groups in total. The van der Waals surface area contributed by atoms with Gasteiger partial charge in [-0.25, -0.2) is 4.98 Å². The zero-order chi connectivity index (χ0) is 22.5. The van der Waals surface area contributed by atoms with Crippen molar-refractivity contribution < 1.29 is 19.0 Å². The van der Waals surface area contributed by atoms with Crippen LogP contribution in [0, 0.1) is 0 Å². The van der Waals surface area contributed by atoms with Crippen molar-refractivity contribution in [1.29, 1.82) is 0 Å². The lowest BCUT2D eigenvalue weighted by molar-refractivity contribution is -0.120. The largest absolute Gasteiger partial charge is 0.497 e. The van der Waals surface area contributed by atoms with E-state index in [2.05, 4.69) is 9.97 Å². The number of thiazole rings is 1. The number of rotatable bonds is 8. The van der Waals surface area contributed by atoms with Crippen molar-refractivity contribution in [2.45, 2.75) is 6.54 Å². The first-order valence-corrected chi connectivity index (χ1v) is 10.9. The van der Waals surface area contributed by atoms with E-state index in [1.54, 1.807) is 67.9 Å². The molecule has 0 saturated carbocycles. The lowest BCUT2D eigenvalue weighted by Crippen LogP contribution is -2.34. The van der Waals surface area contributed by atoms with Gasteiger partial charge >= 0.3 is 0 Å². The molecule has 4 rings (SSSR count). The summed E-state index contributed by atoms with van der Waals surface area (Å²) in [5, 5.41) is 1.05. The van der Waals surface area contributed by atoms with Gasteiger partial charge in [0.05, 0.1) is 30.5 Å². The summed E-state index contributed by atoms with van der Waals surface area (Å²) in [6.07, 6.45) is 3.40. The Labute approximate surface area is 194 Å². The van der Waals surface area contributed by atoms with E-state index in [1.165, 1.54) is 11.3 Å². The molecule has 1 amide bonds. The van der Waals surface area contributed by atoms with Gasteiger partial charge in [-0.15, -0.1) is 0 Å². The Morgan fingerprint density at radius 2 is 1.84 bits per heavy atom. The minimum absolute atomic E-state index is 0.159.